The van der Waals surface area contributed by atoms with Crippen molar-refractivity contribution in [3.05, 3.63) is 64.8 Å². The van der Waals surface area contributed by atoms with Crippen LogP contribution in [0.15, 0.2) is 59.2 Å². The average molecular weight is 423 g/mol. The highest BCUT2D eigenvalue weighted by Crippen LogP contribution is 2.22. The fraction of sp³-hybridized carbons (Fsp3) is 0.464. The first-order valence-electron chi connectivity index (χ1n) is 11.0. The first kappa shape index (κ1) is 26.3. The number of carbonyl (C=O) groups is 1. The Balaban J connectivity index is 2.48. The third-order valence-corrected chi connectivity index (χ3v) is 5.00. The van der Waals surface area contributed by atoms with Crippen molar-refractivity contribution in [3.8, 4) is 17.6 Å². The van der Waals surface area contributed by atoms with E-state index in [1.165, 1.54) is 23.8 Å². The Bertz CT molecular complexity index is 825. The van der Waals surface area contributed by atoms with Crippen LogP contribution in [0.2, 0.25) is 0 Å². The van der Waals surface area contributed by atoms with Crippen molar-refractivity contribution in [2.24, 2.45) is 0 Å². The Morgan fingerprint density at radius 1 is 0.968 bits per heavy atom. The molecule has 0 spiro atoms. The van der Waals surface area contributed by atoms with Gasteiger partial charge in [0.05, 0.1) is 19.4 Å². The summed E-state index contributed by atoms with van der Waals surface area (Å²) in [4.78, 5) is 11.6. The number of esters is 1. The minimum atomic E-state index is -0.258. The van der Waals surface area contributed by atoms with Crippen molar-refractivity contribution in [1.82, 2.24) is 0 Å². The molecule has 0 heterocycles. The molecular weight excluding hydrogens is 384 g/mol. The summed E-state index contributed by atoms with van der Waals surface area (Å²) in [5.41, 5.74) is 5.17. The van der Waals surface area contributed by atoms with Crippen LogP contribution in [0.5, 0.6) is 5.75 Å². The highest BCUT2D eigenvalue weighted by atomic mass is 16.5. The molecular formula is C28H38O3. The van der Waals surface area contributed by atoms with Crippen molar-refractivity contribution in [3.63, 3.8) is 0 Å². The Kier molecular flexibility index (Phi) is 12.8. The number of hydrogen-bond acceptors (Lipinski definition) is 3. The van der Waals surface area contributed by atoms with Gasteiger partial charge in [0.15, 0.2) is 0 Å². The normalized spacial score (nSPS) is 12.5. The van der Waals surface area contributed by atoms with Crippen LogP contribution in [0.4, 0.5) is 0 Å². The van der Waals surface area contributed by atoms with Gasteiger partial charge in [0, 0.05) is 0 Å². The molecule has 0 radical (unpaired) electrons. The van der Waals surface area contributed by atoms with Crippen LogP contribution in [0, 0.1) is 11.8 Å². The largest absolute Gasteiger partial charge is 0.490 e. The molecule has 3 nitrogen and oxygen atoms in total. The van der Waals surface area contributed by atoms with E-state index in [4.69, 9.17) is 9.47 Å². The van der Waals surface area contributed by atoms with Gasteiger partial charge in [-0.05, 0) is 84.1 Å². The van der Waals surface area contributed by atoms with Crippen LogP contribution in [0.3, 0.4) is 0 Å². The van der Waals surface area contributed by atoms with E-state index in [0.29, 0.717) is 6.61 Å². The molecule has 0 bridgehead atoms. The summed E-state index contributed by atoms with van der Waals surface area (Å²) in [5.74, 6) is 6.36. The number of benzene rings is 1. The van der Waals surface area contributed by atoms with E-state index in [0.717, 1.165) is 37.0 Å². The number of rotatable bonds is 12. The minimum Gasteiger partial charge on any atom is -0.490 e. The maximum Gasteiger partial charge on any atom is 0.307 e. The number of methoxy groups -OCH3 is 1. The molecule has 1 atom stereocenters. The van der Waals surface area contributed by atoms with Gasteiger partial charge in [-0.25, -0.2) is 0 Å². The molecule has 1 aromatic carbocycles. The third-order valence-electron chi connectivity index (χ3n) is 5.00. The summed E-state index contributed by atoms with van der Waals surface area (Å²) in [5, 5.41) is 0. The van der Waals surface area contributed by atoms with Crippen LogP contribution in [0.1, 0.15) is 78.2 Å². The third kappa shape index (κ3) is 11.9. The molecule has 31 heavy (non-hydrogen) atoms. The van der Waals surface area contributed by atoms with Gasteiger partial charge >= 0.3 is 5.97 Å². The van der Waals surface area contributed by atoms with Crippen molar-refractivity contribution in [2.75, 3.05) is 13.7 Å². The fourth-order valence-electron chi connectivity index (χ4n) is 3.09. The predicted molar refractivity (Wildman–Crippen MR) is 130 cm³/mol. The summed E-state index contributed by atoms with van der Waals surface area (Å²) < 4.78 is 10.6. The van der Waals surface area contributed by atoms with Crippen LogP contribution >= 0.6 is 0 Å². The van der Waals surface area contributed by atoms with E-state index < -0.39 is 0 Å². The van der Waals surface area contributed by atoms with Gasteiger partial charge in [0.2, 0.25) is 0 Å². The number of carbonyl (C=O) groups excluding carboxylic acids is 1. The monoisotopic (exact) mass is 422 g/mol. The van der Waals surface area contributed by atoms with Crippen molar-refractivity contribution < 1.29 is 14.3 Å². The SMILES string of the molecule is CC#C[C@H](CC(=O)OC)c1ccc(OC/C=C(\C)CC/C=C(\C)CCC=C(C)C)cc1. The summed E-state index contributed by atoms with van der Waals surface area (Å²) in [6.45, 7) is 11.0. The Labute approximate surface area is 189 Å². The van der Waals surface area contributed by atoms with Gasteiger partial charge in [-0.3, -0.25) is 4.79 Å². The fourth-order valence-corrected chi connectivity index (χ4v) is 3.09. The standard InChI is InChI=1S/C28H38O3/c1-7-10-26(21-28(29)30-6)25-15-17-27(18-16-25)31-20-19-24(5)14-9-13-23(4)12-8-11-22(2)3/h11,13,15-19,26H,8-9,12,14,20-21H2,1-6H3/b23-13+,24-19+/t26-/m1/s1. The average Bonchev–Trinajstić information content (AvgIpc) is 2.73. The number of ether oxygens (including phenoxy) is 2. The predicted octanol–water partition coefficient (Wildman–Crippen LogP) is 7.15. The van der Waals surface area contributed by atoms with E-state index in [-0.39, 0.29) is 18.3 Å². The first-order valence-corrected chi connectivity index (χ1v) is 11.0. The maximum absolute atomic E-state index is 11.6. The lowest BCUT2D eigenvalue weighted by atomic mass is 9.96. The molecule has 0 unspecified atom stereocenters. The Morgan fingerprint density at radius 2 is 1.58 bits per heavy atom. The molecule has 0 amide bonds. The summed E-state index contributed by atoms with van der Waals surface area (Å²) in [6, 6.07) is 7.79. The zero-order chi connectivity index (χ0) is 23.1. The molecule has 0 saturated heterocycles. The molecule has 0 aliphatic rings. The van der Waals surface area contributed by atoms with Crippen LogP contribution in [-0.4, -0.2) is 19.7 Å². The van der Waals surface area contributed by atoms with Gasteiger partial charge in [0.25, 0.3) is 0 Å². The van der Waals surface area contributed by atoms with Crippen molar-refractivity contribution >= 4 is 5.97 Å². The minimum absolute atomic E-state index is 0.160. The van der Waals surface area contributed by atoms with Crippen LogP contribution < -0.4 is 4.74 Å². The summed E-state index contributed by atoms with van der Waals surface area (Å²) in [6.07, 6.45) is 11.4. The lowest BCUT2D eigenvalue weighted by Crippen LogP contribution is -2.07. The second-order valence-corrected chi connectivity index (χ2v) is 8.07. The molecule has 1 rings (SSSR count). The van der Waals surface area contributed by atoms with Gasteiger partial charge in [-0.2, -0.15) is 0 Å². The van der Waals surface area contributed by atoms with E-state index in [2.05, 4.69) is 57.8 Å². The second kappa shape index (κ2) is 15.1. The molecule has 168 valence electrons. The zero-order valence-electron chi connectivity index (χ0n) is 20.1. The topological polar surface area (TPSA) is 35.5 Å². The summed E-state index contributed by atoms with van der Waals surface area (Å²) >= 11 is 0. The number of allylic oxidation sites excluding steroid dienone is 5. The second-order valence-electron chi connectivity index (χ2n) is 8.07. The molecule has 0 N–H and O–H groups in total. The summed E-state index contributed by atoms with van der Waals surface area (Å²) in [7, 11) is 1.40. The van der Waals surface area contributed by atoms with Gasteiger partial charge in [0.1, 0.15) is 12.4 Å². The molecule has 0 fully saturated rings. The van der Waals surface area contributed by atoms with Crippen LogP contribution in [0.25, 0.3) is 0 Å². The quantitative estimate of drug-likeness (QED) is 0.204. The Morgan fingerprint density at radius 3 is 2.16 bits per heavy atom. The smallest absolute Gasteiger partial charge is 0.307 e. The highest BCUT2D eigenvalue weighted by Gasteiger charge is 2.14. The van der Waals surface area contributed by atoms with Gasteiger partial charge in [-0.15, -0.1) is 5.92 Å². The molecule has 0 saturated carbocycles. The first-order chi connectivity index (χ1) is 14.8. The highest BCUT2D eigenvalue weighted by molar-refractivity contribution is 5.71. The zero-order valence-corrected chi connectivity index (χ0v) is 20.1. The van der Waals surface area contributed by atoms with E-state index in [1.807, 2.05) is 24.3 Å². The van der Waals surface area contributed by atoms with Gasteiger partial charge < -0.3 is 9.47 Å². The Hall–Kier alpha value is -2.73. The maximum atomic E-state index is 11.6. The number of hydrogen-bond donors (Lipinski definition) is 0. The molecule has 0 aliphatic carbocycles. The van der Waals surface area contributed by atoms with Crippen molar-refractivity contribution in [2.45, 2.75) is 72.6 Å². The van der Waals surface area contributed by atoms with E-state index >= 15 is 0 Å². The van der Waals surface area contributed by atoms with Crippen molar-refractivity contribution in [1.29, 1.82) is 0 Å². The molecule has 3 heteroatoms. The molecule has 0 aliphatic heterocycles. The molecule has 1 aromatic rings. The van der Waals surface area contributed by atoms with E-state index in [1.54, 1.807) is 6.92 Å². The lowest BCUT2D eigenvalue weighted by Gasteiger charge is -2.11. The van der Waals surface area contributed by atoms with Gasteiger partial charge in [-0.1, -0.05) is 46.9 Å². The van der Waals surface area contributed by atoms with E-state index in [9.17, 15) is 4.79 Å². The van der Waals surface area contributed by atoms with Crippen LogP contribution in [-0.2, 0) is 9.53 Å². The molecule has 0 aromatic heterocycles. The lowest BCUT2D eigenvalue weighted by molar-refractivity contribution is -0.140.